The lowest BCUT2D eigenvalue weighted by Gasteiger charge is -2.16. The lowest BCUT2D eigenvalue weighted by molar-refractivity contribution is -0.124. The molecule has 31 heavy (non-hydrogen) atoms. The van der Waals surface area contributed by atoms with Crippen molar-refractivity contribution < 1.29 is 14.4 Å². The van der Waals surface area contributed by atoms with Gasteiger partial charge in [-0.05, 0) is 13.8 Å². The molecule has 2 amide bonds. The fourth-order valence-corrected chi connectivity index (χ4v) is 2.76. The quantitative estimate of drug-likeness (QED) is 0.382. The van der Waals surface area contributed by atoms with Crippen molar-refractivity contribution in [1.29, 1.82) is 0 Å². The van der Waals surface area contributed by atoms with Crippen LogP contribution in [0.2, 0.25) is 0 Å². The molecule has 9 heteroatoms. The summed E-state index contributed by atoms with van der Waals surface area (Å²) < 4.78 is 0. The summed E-state index contributed by atoms with van der Waals surface area (Å²) >= 11 is 0. The van der Waals surface area contributed by atoms with Crippen molar-refractivity contribution in [2.45, 2.75) is 33.6 Å². The molecule has 0 saturated heterocycles. The highest BCUT2D eigenvalue weighted by molar-refractivity contribution is 5.83. The number of carbonyl (C=O) groups excluding carboxylic acids is 3. The minimum atomic E-state index is -0.151. The molecule has 2 aromatic rings. The Hall–Kier alpha value is -3.49. The van der Waals surface area contributed by atoms with Crippen molar-refractivity contribution in [2.75, 3.05) is 36.8 Å². The third kappa shape index (κ3) is 8.41. The van der Waals surface area contributed by atoms with Crippen LogP contribution in [0.25, 0.3) is 11.4 Å². The maximum atomic E-state index is 11.8. The van der Waals surface area contributed by atoms with Gasteiger partial charge >= 0.3 is 0 Å². The Balaban J connectivity index is 2.05. The summed E-state index contributed by atoms with van der Waals surface area (Å²) in [5.74, 6) is 1.67. The fourth-order valence-electron chi connectivity index (χ4n) is 2.76. The number of hydrogen-bond acceptors (Lipinski definition) is 7. The first-order valence-corrected chi connectivity index (χ1v) is 10.3. The second-order valence-electron chi connectivity index (χ2n) is 7.12. The summed E-state index contributed by atoms with van der Waals surface area (Å²) in [7, 11) is 0. The molecule has 0 radical (unpaired) electrons. The zero-order valence-corrected chi connectivity index (χ0v) is 18.2. The number of nitrogens with one attached hydrogen (secondary N) is 4. The molecule has 0 aliphatic heterocycles. The van der Waals surface area contributed by atoms with Crippen molar-refractivity contribution in [3.8, 4) is 11.4 Å². The van der Waals surface area contributed by atoms with E-state index in [2.05, 4.69) is 31.2 Å². The van der Waals surface area contributed by atoms with Crippen LogP contribution in [0.15, 0.2) is 30.3 Å². The molecule has 2 rings (SSSR count). The maximum Gasteiger partial charge on any atom is 0.220 e. The number of aromatic nitrogens is 2. The van der Waals surface area contributed by atoms with Gasteiger partial charge in [0.15, 0.2) is 5.82 Å². The van der Waals surface area contributed by atoms with Gasteiger partial charge in [-0.1, -0.05) is 30.3 Å². The van der Waals surface area contributed by atoms with E-state index in [1.54, 1.807) is 0 Å². The molecule has 0 aliphatic rings. The standard InChI is InChI=1S/C22H30N6O3/c1-15(29)9-10-19(31)24-12-14-26-21-16(2)20(25-13-11-23-17(3)30)27-22(28-21)18-7-5-4-6-8-18/h4-8H,9-14H2,1-3H3,(H,23,30)(H,24,31)(H2,25,26,27,28). The second kappa shape index (κ2) is 12.3. The van der Waals surface area contributed by atoms with Gasteiger partial charge in [-0.3, -0.25) is 9.59 Å². The minimum absolute atomic E-state index is 0.00291. The van der Waals surface area contributed by atoms with E-state index in [0.717, 1.165) is 11.1 Å². The number of anilines is 2. The van der Waals surface area contributed by atoms with Gasteiger partial charge < -0.3 is 26.1 Å². The topological polar surface area (TPSA) is 125 Å². The predicted octanol–water partition coefficient (Wildman–Crippen LogP) is 1.90. The first-order valence-electron chi connectivity index (χ1n) is 10.3. The Labute approximate surface area is 182 Å². The third-order valence-electron chi connectivity index (χ3n) is 4.41. The number of ketones is 1. The number of carbonyl (C=O) groups is 3. The Kier molecular flexibility index (Phi) is 9.41. The van der Waals surface area contributed by atoms with Crippen molar-refractivity contribution >= 4 is 29.2 Å². The van der Waals surface area contributed by atoms with Crippen molar-refractivity contribution in [2.24, 2.45) is 0 Å². The van der Waals surface area contributed by atoms with E-state index < -0.39 is 0 Å². The van der Waals surface area contributed by atoms with Crippen LogP contribution < -0.4 is 21.3 Å². The minimum Gasteiger partial charge on any atom is -0.368 e. The monoisotopic (exact) mass is 426 g/mol. The fraction of sp³-hybridized carbons (Fsp3) is 0.409. The number of amides is 2. The van der Waals surface area contributed by atoms with Gasteiger partial charge in [0.2, 0.25) is 11.8 Å². The lowest BCUT2D eigenvalue weighted by Crippen LogP contribution is -2.29. The lowest BCUT2D eigenvalue weighted by atomic mass is 10.2. The molecule has 4 N–H and O–H groups in total. The summed E-state index contributed by atoms with van der Waals surface area (Å²) in [5.41, 5.74) is 1.72. The molecule has 0 aliphatic carbocycles. The smallest absolute Gasteiger partial charge is 0.220 e. The van der Waals surface area contributed by atoms with E-state index >= 15 is 0 Å². The highest BCUT2D eigenvalue weighted by atomic mass is 16.2. The predicted molar refractivity (Wildman–Crippen MR) is 121 cm³/mol. The molecule has 1 aromatic carbocycles. The molecule has 166 valence electrons. The molecule has 0 spiro atoms. The maximum absolute atomic E-state index is 11.8. The van der Waals surface area contributed by atoms with Crippen LogP contribution in [0.3, 0.4) is 0 Å². The van der Waals surface area contributed by atoms with Gasteiger partial charge in [0.25, 0.3) is 0 Å². The van der Waals surface area contributed by atoms with Crippen molar-refractivity contribution in [3.63, 3.8) is 0 Å². The zero-order chi connectivity index (χ0) is 22.6. The molecule has 0 fully saturated rings. The van der Waals surface area contributed by atoms with Crippen LogP contribution >= 0.6 is 0 Å². The highest BCUT2D eigenvalue weighted by Gasteiger charge is 2.12. The molecule has 9 nitrogen and oxygen atoms in total. The molecule has 0 atom stereocenters. The van der Waals surface area contributed by atoms with Gasteiger partial charge in [-0.25, -0.2) is 9.97 Å². The Morgan fingerprint density at radius 1 is 0.806 bits per heavy atom. The molecular weight excluding hydrogens is 396 g/mol. The van der Waals surface area contributed by atoms with E-state index in [1.165, 1.54) is 13.8 Å². The van der Waals surface area contributed by atoms with Crippen molar-refractivity contribution in [3.05, 3.63) is 35.9 Å². The third-order valence-corrected chi connectivity index (χ3v) is 4.41. The number of nitrogens with zero attached hydrogens (tertiary/aromatic N) is 2. The summed E-state index contributed by atoms with van der Waals surface area (Å²) in [4.78, 5) is 43.1. The van der Waals surface area contributed by atoms with Crippen LogP contribution in [0, 0.1) is 6.92 Å². The van der Waals surface area contributed by atoms with Gasteiger partial charge in [-0.2, -0.15) is 0 Å². The Morgan fingerprint density at radius 2 is 1.39 bits per heavy atom. The van der Waals surface area contributed by atoms with Gasteiger partial charge in [0, 0.05) is 57.1 Å². The Bertz CT molecular complexity index is 902. The number of Topliss-reactive ketones (excluding diaryl/α,β-unsaturated/α-hetero) is 1. The van der Waals surface area contributed by atoms with Crippen LogP contribution in [-0.2, 0) is 14.4 Å². The molecule has 1 aromatic heterocycles. The largest absolute Gasteiger partial charge is 0.368 e. The van der Waals surface area contributed by atoms with Crippen LogP contribution in [-0.4, -0.2) is 53.7 Å². The van der Waals surface area contributed by atoms with E-state index in [-0.39, 0.29) is 30.4 Å². The summed E-state index contributed by atoms with van der Waals surface area (Å²) in [5, 5.41) is 12.0. The van der Waals surface area contributed by atoms with E-state index in [0.29, 0.717) is 43.6 Å². The molecule has 1 heterocycles. The highest BCUT2D eigenvalue weighted by Crippen LogP contribution is 2.24. The normalized spacial score (nSPS) is 10.3. The van der Waals surface area contributed by atoms with Crippen LogP contribution in [0.5, 0.6) is 0 Å². The first-order chi connectivity index (χ1) is 14.9. The summed E-state index contributed by atoms with van der Waals surface area (Å²) in [6.45, 7) is 6.74. The molecule has 0 unspecified atom stereocenters. The number of benzene rings is 1. The zero-order valence-electron chi connectivity index (χ0n) is 18.2. The van der Waals surface area contributed by atoms with E-state index in [1.807, 2.05) is 37.3 Å². The van der Waals surface area contributed by atoms with Gasteiger partial charge in [-0.15, -0.1) is 0 Å². The summed E-state index contributed by atoms with van der Waals surface area (Å²) in [6.07, 6.45) is 0.445. The number of rotatable bonds is 12. The van der Waals surface area contributed by atoms with Crippen molar-refractivity contribution in [1.82, 2.24) is 20.6 Å². The second-order valence-corrected chi connectivity index (χ2v) is 7.12. The Morgan fingerprint density at radius 3 is 1.94 bits per heavy atom. The van der Waals surface area contributed by atoms with E-state index in [9.17, 15) is 14.4 Å². The average Bonchev–Trinajstić information content (AvgIpc) is 2.75. The SMILES string of the molecule is CC(=O)CCC(=O)NCCNc1nc(-c2ccccc2)nc(NCCNC(C)=O)c1C. The van der Waals surface area contributed by atoms with Crippen LogP contribution in [0.1, 0.15) is 32.3 Å². The first kappa shape index (κ1) is 23.8. The van der Waals surface area contributed by atoms with Gasteiger partial charge in [0.1, 0.15) is 17.4 Å². The van der Waals surface area contributed by atoms with E-state index in [4.69, 9.17) is 0 Å². The van der Waals surface area contributed by atoms with Gasteiger partial charge in [0.05, 0.1) is 0 Å². The molecule has 0 bridgehead atoms. The van der Waals surface area contributed by atoms with Crippen LogP contribution in [0.4, 0.5) is 11.6 Å². The average molecular weight is 427 g/mol. The number of hydrogen-bond donors (Lipinski definition) is 4. The summed E-state index contributed by atoms with van der Waals surface area (Å²) in [6, 6.07) is 9.64. The molecular formula is C22H30N6O3. The molecule has 0 saturated carbocycles.